The van der Waals surface area contributed by atoms with Crippen molar-refractivity contribution in [2.45, 2.75) is 12.6 Å². The minimum absolute atomic E-state index is 0.116. The number of H-pyrrole nitrogens is 1. The van der Waals surface area contributed by atoms with Gasteiger partial charge in [-0.3, -0.25) is 19.1 Å². The van der Waals surface area contributed by atoms with Crippen LogP contribution in [0.5, 0.6) is 0 Å². The number of halogens is 4. The number of amides is 1. The molecule has 0 aliphatic rings. The molecule has 166 valence electrons. The van der Waals surface area contributed by atoms with Crippen LogP contribution in [0.25, 0.3) is 21.5 Å². The summed E-state index contributed by atoms with van der Waals surface area (Å²) >= 11 is 1.90. The number of aromatic amines is 1. The molecule has 0 saturated carbocycles. The molecule has 0 bridgehead atoms. The number of carbonyl (C=O) groups is 1. The number of thiazole rings is 1. The highest BCUT2D eigenvalue weighted by Gasteiger charge is 2.34. The Morgan fingerprint density at radius 2 is 2.03 bits per heavy atom. The summed E-state index contributed by atoms with van der Waals surface area (Å²) in [4.78, 5) is 42.7. The Labute approximate surface area is 183 Å². The first-order valence-corrected chi connectivity index (χ1v) is 10.4. The Bertz CT molecular complexity index is 1470. The molecular formula is C18H11F4N5O3S2. The third kappa shape index (κ3) is 4.05. The minimum atomic E-state index is -4.81. The van der Waals surface area contributed by atoms with Gasteiger partial charge in [0.25, 0.3) is 5.56 Å². The Kier molecular flexibility index (Phi) is 5.42. The standard InChI is InChI=1S/C18H11F4N5O3S2/c1-27-15-13(14(29)25-17(27)30)10(26-32-15)5-12(28)24-16-23-11(6-31-16)7-2-3-8(9(19)4-7)18(20,21)22/h2-4,6H,5H2,1H3,(H,23,24,28)(H,25,29,30). The van der Waals surface area contributed by atoms with Gasteiger partial charge in [-0.25, -0.2) is 14.2 Å². The van der Waals surface area contributed by atoms with Crippen LogP contribution in [-0.4, -0.2) is 24.8 Å². The highest BCUT2D eigenvalue weighted by atomic mass is 32.1. The number of carbonyl (C=O) groups excluding carboxylic acids is 1. The second-order valence-corrected chi connectivity index (χ2v) is 8.19. The molecule has 4 rings (SSSR count). The zero-order valence-electron chi connectivity index (χ0n) is 15.9. The second-order valence-electron chi connectivity index (χ2n) is 6.58. The third-order valence-electron chi connectivity index (χ3n) is 4.45. The van der Waals surface area contributed by atoms with Gasteiger partial charge in [0.2, 0.25) is 5.91 Å². The van der Waals surface area contributed by atoms with Crippen molar-refractivity contribution in [1.82, 2.24) is 18.9 Å². The molecule has 0 atom stereocenters. The van der Waals surface area contributed by atoms with Gasteiger partial charge in [0.15, 0.2) is 5.13 Å². The van der Waals surface area contributed by atoms with E-state index in [1.54, 1.807) is 0 Å². The maximum atomic E-state index is 13.8. The summed E-state index contributed by atoms with van der Waals surface area (Å²) in [6.45, 7) is 0. The van der Waals surface area contributed by atoms with E-state index in [-0.39, 0.29) is 33.9 Å². The number of anilines is 1. The van der Waals surface area contributed by atoms with E-state index in [0.717, 1.165) is 35.0 Å². The van der Waals surface area contributed by atoms with Crippen molar-refractivity contribution < 1.29 is 22.4 Å². The van der Waals surface area contributed by atoms with Crippen molar-refractivity contribution in [3.63, 3.8) is 0 Å². The molecule has 2 N–H and O–H groups in total. The van der Waals surface area contributed by atoms with Crippen LogP contribution in [0.2, 0.25) is 0 Å². The van der Waals surface area contributed by atoms with Crippen LogP contribution in [0.15, 0.2) is 33.2 Å². The molecule has 0 aliphatic carbocycles. The van der Waals surface area contributed by atoms with Gasteiger partial charge in [-0.2, -0.15) is 17.5 Å². The first-order chi connectivity index (χ1) is 15.0. The molecule has 0 fully saturated rings. The molecule has 3 heterocycles. The van der Waals surface area contributed by atoms with Crippen molar-refractivity contribution in [3.8, 4) is 11.3 Å². The maximum Gasteiger partial charge on any atom is 0.419 e. The summed E-state index contributed by atoms with van der Waals surface area (Å²) < 4.78 is 57.2. The molecule has 14 heteroatoms. The van der Waals surface area contributed by atoms with Gasteiger partial charge in [0.1, 0.15) is 10.6 Å². The van der Waals surface area contributed by atoms with E-state index < -0.39 is 34.7 Å². The quantitative estimate of drug-likeness (QED) is 0.432. The van der Waals surface area contributed by atoms with Gasteiger partial charge in [-0.05, 0) is 23.7 Å². The van der Waals surface area contributed by atoms with Crippen LogP contribution in [0, 0.1) is 5.82 Å². The molecule has 0 unspecified atom stereocenters. The molecule has 1 amide bonds. The molecule has 0 spiro atoms. The van der Waals surface area contributed by atoms with Crippen molar-refractivity contribution in [2.24, 2.45) is 7.05 Å². The lowest BCUT2D eigenvalue weighted by atomic mass is 10.1. The van der Waals surface area contributed by atoms with E-state index in [1.165, 1.54) is 17.0 Å². The van der Waals surface area contributed by atoms with Crippen molar-refractivity contribution in [1.29, 1.82) is 0 Å². The fourth-order valence-corrected chi connectivity index (χ4v) is 4.51. The number of aryl methyl sites for hydroxylation is 1. The molecule has 0 aliphatic heterocycles. The monoisotopic (exact) mass is 485 g/mol. The van der Waals surface area contributed by atoms with E-state index in [2.05, 4.69) is 19.7 Å². The van der Waals surface area contributed by atoms with Crippen LogP contribution in [-0.2, 0) is 24.4 Å². The summed E-state index contributed by atoms with van der Waals surface area (Å²) in [6.07, 6.45) is -5.08. The second kappa shape index (κ2) is 7.94. The first-order valence-electron chi connectivity index (χ1n) is 8.74. The molecule has 8 nitrogen and oxygen atoms in total. The largest absolute Gasteiger partial charge is 0.419 e. The molecule has 0 saturated heterocycles. The normalized spacial score (nSPS) is 11.8. The van der Waals surface area contributed by atoms with Crippen LogP contribution in [0.3, 0.4) is 0 Å². The van der Waals surface area contributed by atoms with E-state index in [0.29, 0.717) is 10.9 Å². The van der Waals surface area contributed by atoms with E-state index in [1.807, 2.05) is 0 Å². The fraction of sp³-hybridized carbons (Fsp3) is 0.167. The van der Waals surface area contributed by atoms with Crippen LogP contribution < -0.4 is 16.6 Å². The maximum absolute atomic E-state index is 13.8. The van der Waals surface area contributed by atoms with Crippen molar-refractivity contribution in [3.05, 3.63) is 61.5 Å². The van der Waals surface area contributed by atoms with Crippen LogP contribution in [0.4, 0.5) is 22.7 Å². The van der Waals surface area contributed by atoms with Crippen molar-refractivity contribution in [2.75, 3.05) is 5.32 Å². The summed E-state index contributed by atoms with van der Waals surface area (Å²) in [6, 6.07) is 2.44. The van der Waals surface area contributed by atoms with Gasteiger partial charge in [-0.15, -0.1) is 11.3 Å². The van der Waals surface area contributed by atoms with E-state index in [4.69, 9.17) is 0 Å². The highest BCUT2D eigenvalue weighted by Crippen LogP contribution is 2.34. The SMILES string of the molecule is Cn1c(=O)[nH]c(=O)c2c(CC(=O)Nc3nc(-c4ccc(C(F)(F)F)c(F)c4)cs3)nsc21. The number of nitrogens with zero attached hydrogens (tertiary/aromatic N) is 3. The lowest BCUT2D eigenvalue weighted by Crippen LogP contribution is -2.28. The molecule has 1 aromatic carbocycles. The van der Waals surface area contributed by atoms with Crippen molar-refractivity contribution >= 4 is 44.1 Å². The number of hydrogen-bond acceptors (Lipinski definition) is 7. The topological polar surface area (TPSA) is 110 Å². The number of benzene rings is 1. The van der Waals surface area contributed by atoms with Gasteiger partial charge in [0, 0.05) is 18.0 Å². The molecule has 3 aromatic heterocycles. The zero-order chi connectivity index (χ0) is 23.2. The summed E-state index contributed by atoms with van der Waals surface area (Å²) in [5, 5.41) is 4.23. The first kappa shape index (κ1) is 21.8. The van der Waals surface area contributed by atoms with E-state index >= 15 is 0 Å². The van der Waals surface area contributed by atoms with E-state index in [9.17, 15) is 31.9 Å². The average molecular weight is 485 g/mol. The van der Waals surface area contributed by atoms with Gasteiger partial charge >= 0.3 is 11.9 Å². The Hall–Kier alpha value is -3.39. The highest BCUT2D eigenvalue weighted by molar-refractivity contribution is 7.14. The number of nitrogens with one attached hydrogen (secondary N) is 2. The van der Waals surface area contributed by atoms with Crippen LogP contribution >= 0.6 is 22.9 Å². The van der Waals surface area contributed by atoms with Gasteiger partial charge in [-0.1, -0.05) is 6.07 Å². The number of aromatic nitrogens is 4. The number of rotatable bonds is 4. The number of hydrogen-bond donors (Lipinski definition) is 2. The van der Waals surface area contributed by atoms with Gasteiger partial charge < -0.3 is 5.32 Å². The average Bonchev–Trinajstić information content (AvgIpc) is 3.32. The number of fused-ring (bicyclic) bond motifs is 1. The number of alkyl halides is 3. The van der Waals surface area contributed by atoms with Gasteiger partial charge in [0.05, 0.1) is 28.8 Å². The molecule has 32 heavy (non-hydrogen) atoms. The molecular weight excluding hydrogens is 474 g/mol. The Morgan fingerprint density at radius 3 is 2.72 bits per heavy atom. The summed E-state index contributed by atoms with van der Waals surface area (Å²) in [5.74, 6) is -1.98. The smallest absolute Gasteiger partial charge is 0.302 e. The summed E-state index contributed by atoms with van der Waals surface area (Å²) in [5.41, 5.74) is -2.15. The Morgan fingerprint density at radius 1 is 1.28 bits per heavy atom. The fourth-order valence-electron chi connectivity index (χ4n) is 2.91. The predicted molar refractivity (Wildman–Crippen MR) is 110 cm³/mol. The molecule has 0 radical (unpaired) electrons. The zero-order valence-corrected chi connectivity index (χ0v) is 17.5. The lowest BCUT2D eigenvalue weighted by Gasteiger charge is -2.08. The Balaban J connectivity index is 1.52. The predicted octanol–water partition coefficient (Wildman–Crippen LogP) is 3.15. The molecule has 4 aromatic rings. The summed E-state index contributed by atoms with van der Waals surface area (Å²) in [7, 11) is 1.46. The van der Waals surface area contributed by atoms with Crippen LogP contribution in [0.1, 0.15) is 11.3 Å². The minimum Gasteiger partial charge on any atom is -0.302 e. The lowest BCUT2D eigenvalue weighted by molar-refractivity contribution is -0.140. The third-order valence-corrected chi connectivity index (χ3v) is 6.17.